The summed E-state index contributed by atoms with van der Waals surface area (Å²) in [5.74, 6) is 0.748. The lowest BCUT2D eigenvalue weighted by Gasteiger charge is -2.36. The maximum atomic E-state index is 6.12. The molecule has 1 nitrogen and oxygen atoms in total. The Labute approximate surface area is 101 Å². The number of thiophene rings is 1. The largest absolute Gasteiger partial charge is 0.305 e. The fourth-order valence-electron chi connectivity index (χ4n) is 2.27. The van der Waals surface area contributed by atoms with Crippen LogP contribution < -0.4 is 5.32 Å². The highest BCUT2D eigenvalue weighted by atomic mass is 35.5. The lowest BCUT2D eigenvalue weighted by atomic mass is 9.83. The maximum absolute atomic E-state index is 6.12. The predicted octanol–water partition coefficient (Wildman–Crippen LogP) is 3.78. The van der Waals surface area contributed by atoms with E-state index >= 15 is 0 Å². The Morgan fingerprint density at radius 3 is 2.73 bits per heavy atom. The molecule has 84 valence electrons. The van der Waals surface area contributed by atoms with E-state index in [0.717, 1.165) is 12.4 Å². The first kappa shape index (κ1) is 11.4. The van der Waals surface area contributed by atoms with Crippen molar-refractivity contribution in [1.29, 1.82) is 0 Å². The lowest BCUT2D eigenvalue weighted by Crippen LogP contribution is -2.47. The van der Waals surface area contributed by atoms with Crippen molar-refractivity contribution in [3.05, 3.63) is 22.4 Å². The summed E-state index contributed by atoms with van der Waals surface area (Å²) in [6.07, 6.45) is 6.50. The van der Waals surface area contributed by atoms with Crippen molar-refractivity contribution in [2.45, 2.75) is 44.2 Å². The summed E-state index contributed by atoms with van der Waals surface area (Å²) in [7, 11) is 0. The minimum atomic E-state index is 0.212. The van der Waals surface area contributed by atoms with Gasteiger partial charge in [-0.2, -0.15) is 0 Å². The van der Waals surface area contributed by atoms with Crippen molar-refractivity contribution in [2.75, 3.05) is 5.88 Å². The third kappa shape index (κ3) is 2.96. The second-order valence-electron chi connectivity index (χ2n) is 4.41. The molecule has 1 N–H and O–H groups in total. The van der Waals surface area contributed by atoms with E-state index in [1.165, 1.54) is 37.0 Å². The first-order valence-corrected chi connectivity index (χ1v) is 7.09. The second kappa shape index (κ2) is 5.33. The van der Waals surface area contributed by atoms with Gasteiger partial charge < -0.3 is 5.32 Å². The van der Waals surface area contributed by atoms with Crippen molar-refractivity contribution < 1.29 is 0 Å². The summed E-state index contributed by atoms with van der Waals surface area (Å²) in [5, 5.41) is 5.80. The van der Waals surface area contributed by atoms with Crippen molar-refractivity contribution in [2.24, 2.45) is 0 Å². The molecule has 1 aromatic rings. The van der Waals surface area contributed by atoms with Crippen LogP contribution in [0, 0.1) is 0 Å². The van der Waals surface area contributed by atoms with Gasteiger partial charge >= 0.3 is 0 Å². The molecule has 1 heterocycles. The molecule has 1 aromatic heterocycles. The fourth-order valence-corrected chi connectivity index (χ4v) is 3.28. The predicted molar refractivity (Wildman–Crippen MR) is 67.7 cm³/mol. The summed E-state index contributed by atoms with van der Waals surface area (Å²) in [4.78, 5) is 1.41. The van der Waals surface area contributed by atoms with Crippen LogP contribution in [0.15, 0.2) is 17.5 Å². The number of hydrogen-bond donors (Lipinski definition) is 1. The summed E-state index contributed by atoms with van der Waals surface area (Å²) in [6, 6.07) is 4.29. The van der Waals surface area contributed by atoms with Crippen LogP contribution in [0.3, 0.4) is 0 Å². The highest BCUT2D eigenvalue weighted by Crippen LogP contribution is 2.29. The van der Waals surface area contributed by atoms with Gasteiger partial charge in [-0.05, 0) is 24.3 Å². The van der Waals surface area contributed by atoms with E-state index in [4.69, 9.17) is 11.6 Å². The van der Waals surface area contributed by atoms with Gasteiger partial charge in [-0.25, -0.2) is 0 Å². The lowest BCUT2D eigenvalue weighted by molar-refractivity contribution is 0.257. The monoisotopic (exact) mass is 243 g/mol. The van der Waals surface area contributed by atoms with Gasteiger partial charge in [0, 0.05) is 22.8 Å². The van der Waals surface area contributed by atoms with Crippen LogP contribution in [0.1, 0.15) is 37.0 Å². The maximum Gasteiger partial charge on any atom is 0.0406 e. The van der Waals surface area contributed by atoms with Crippen LogP contribution in [0.5, 0.6) is 0 Å². The highest BCUT2D eigenvalue weighted by molar-refractivity contribution is 7.09. The minimum Gasteiger partial charge on any atom is -0.305 e. The number of alkyl halides is 1. The van der Waals surface area contributed by atoms with Crippen LogP contribution in [0.4, 0.5) is 0 Å². The fraction of sp³-hybridized carbons (Fsp3) is 0.667. The van der Waals surface area contributed by atoms with Gasteiger partial charge in [-0.1, -0.05) is 25.3 Å². The number of nitrogens with one attached hydrogen (secondary N) is 1. The van der Waals surface area contributed by atoms with Gasteiger partial charge in [0.05, 0.1) is 0 Å². The van der Waals surface area contributed by atoms with E-state index < -0.39 is 0 Å². The van der Waals surface area contributed by atoms with E-state index in [0.29, 0.717) is 0 Å². The molecule has 1 aliphatic rings. The Morgan fingerprint density at radius 2 is 2.13 bits per heavy atom. The molecule has 0 atom stereocenters. The molecule has 1 aliphatic carbocycles. The quantitative estimate of drug-likeness (QED) is 0.794. The smallest absolute Gasteiger partial charge is 0.0406 e. The van der Waals surface area contributed by atoms with Gasteiger partial charge in [0.1, 0.15) is 0 Å². The molecule has 0 unspecified atom stereocenters. The molecule has 1 fully saturated rings. The first-order valence-electron chi connectivity index (χ1n) is 5.68. The van der Waals surface area contributed by atoms with E-state index in [9.17, 15) is 0 Å². The number of halogens is 1. The van der Waals surface area contributed by atoms with Crippen LogP contribution in [0.25, 0.3) is 0 Å². The van der Waals surface area contributed by atoms with Crippen LogP contribution >= 0.6 is 22.9 Å². The molecule has 0 spiro atoms. The normalized spacial score (nSPS) is 20.3. The Balaban J connectivity index is 1.89. The van der Waals surface area contributed by atoms with Crippen molar-refractivity contribution in [1.82, 2.24) is 5.32 Å². The van der Waals surface area contributed by atoms with E-state index in [2.05, 4.69) is 22.8 Å². The van der Waals surface area contributed by atoms with Gasteiger partial charge in [0.15, 0.2) is 0 Å². The van der Waals surface area contributed by atoms with E-state index in [-0.39, 0.29) is 5.54 Å². The standard InChI is InChI=1S/C12H18ClNS/c13-10-12(6-2-1-3-7-12)14-9-11-5-4-8-15-11/h4-5,8,14H,1-3,6-7,9-10H2. The molecule has 0 radical (unpaired) electrons. The molecule has 1 saturated carbocycles. The molecule has 2 rings (SSSR count). The molecule has 0 amide bonds. The SMILES string of the molecule is ClCC1(NCc2cccs2)CCCCC1. The summed E-state index contributed by atoms with van der Waals surface area (Å²) < 4.78 is 0. The van der Waals surface area contributed by atoms with Crippen LogP contribution in [-0.2, 0) is 6.54 Å². The molecule has 0 saturated heterocycles. The summed E-state index contributed by atoms with van der Waals surface area (Å²) in [6.45, 7) is 0.977. The molecule has 15 heavy (non-hydrogen) atoms. The molecule has 0 aliphatic heterocycles. The zero-order chi connectivity index (χ0) is 10.6. The molecule has 3 heteroatoms. The van der Waals surface area contributed by atoms with Crippen molar-refractivity contribution in [3.8, 4) is 0 Å². The van der Waals surface area contributed by atoms with Crippen LogP contribution in [0.2, 0.25) is 0 Å². The average molecular weight is 244 g/mol. The minimum absolute atomic E-state index is 0.212. The van der Waals surface area contributed by atoms with Crippen LogP contribution in [-0.4, -0.2) is 11.4 Å². The number of rotatable bonds is 4. The Morgan fingerprint density at radius 1 is 1.33 bits per heavy atom. The van der Waals surface area contributed by atoms with Gasteiger partial charge in [-0.3, -0.25) is 0 Å². The van der Waals surface area contributed by atoms with Gasteiger partial charge in [0.25, 0.3) is 0 Å². The molecular weight excluding hydrogens is 226 g/mol. The average Bonchev–Trinajstić information content (AvgIpc) is 2.81. The Kier molecular flexibility index (Phi) is 4.06. The molecule has 0 bridgehead atoms. The zero-order valence-corrected chi connectivity index (χ0v) is 10.5. The molecule has 0 aromatic carbocycles. The second-order valence-corrected chi connectivity index (χ2v) is 5.71. The highest BCUT2D eigenvalue weighted by Gasteiger charge is 2.30. The summed E-state index contributed by atoms with van der Waals surface area (Å²) in [5.41, 5.74) is 0.212. The topological polar surface area (TPSA) is 12.0 Å². The van der Waals surface area contributed by atoms with Crippen molar-refractivity contribution >= 4 is 22.9 Å². The van der Waals surface area contributed by atoms with Crippen molar-refractivity contribution in [3.63, 3.8) is 0 Å². The Hall–Kier alpha value is -0.0500. The number of hydrogen-bond acceptors (Lipinski definition) is 2. The van der Waals surface area contributed by atoms with E-state index in [1.807, 2.05) is 11.3 Å². The zero-order valence-electron chi connectivity index (χ0n) is 8.97. The van der Waals surface area contributed by atoms with E-state index in [1.54, 1.807) is 0 Å². The summed E-state index contributed by atoms with van der Waals surface area (Å²) >= 11 is 7.93. The third-order valence-corrected chi connectivity index (χ3v) is 4.67. The van der Waals surface area contributed by atoms with Gasteiger partial charge in [0.2, 0.25) is 0 Å². The Bertz CT molecular complexity index is 278. The third-order valence-electron chi connectivity index (χ3n) is 3.28. The van der Waals surface area contributed by atoms with Gasteiger partial charge in [-0.15, -0.1) is 22.9 Å². The molecular formula is C12H18ClNS. The first-order chi connectivity index (χ1) is 7.35.